The highest BCUT2D eigenvalue weighted by Gasteiger charge is 2.32. The first-order chi connectivity index (χ1) is 10.8. The second-order valence-electron chi connectivity index (χ2n) is 4.96. The number of amides is 1. The second-order valence-corrected chi connectivity index (χ2v) is 4.96. The summed E-state index contributed by atoms with van der Waals surface area (Å²) in [6.45, 7) is 0. The Morgan fingerprint density at radius 3 is 2.09 bits per heavy atom. The third kappa shape index (κ3) is 2.01. The summed E-state index contributed by atoms with van der Waals surface area (Å²) in [4.78, 5) is 12.7. The van der Waals surface area contributed by atoms with Crippen LogP contribution < -0.4 is 10.2 Å². The van der Waals surface area contributed by atoms with Crippen LogP contribution in [0.1, 0.15) is 17.0 Å². The number of hydrogen-bond acceptors (Lipinski definition) is 4. The second kappa shape index (κ2) is 5.00. The van der Waals surface area contributed by atoms with Crippen LogP contribution in [-0.2, 0) is 4.79 Å². The fourth-order valence-corrected chi connectivity index (χ4v) is 2.64. The minimum atomic E-state index is -0.441. The van der Waals surface area contributed by atoms with Gasteiger partial charge in [-0.15, -0.1) is 10.2 Å². The standard InChI is InChI=1S/C16H12N4O2/c21-16(19-20-9-17-18-10-20)15-11-5-1-3-7-13(11)22-14-8-4-2-6-12(14)15/h1-10,15H,(H,19,21). The van der Waals surface area contributed by atoms with Crippen molar-refractivity contribution in [1.29, 1.82) is 0 Å². The zero-order valence-corrected chi connectivity index (χ0v) is 11.5. The van der Waals surface area contributed by atoms with Gasteiger partial charge in [-0.3, -0.25) is 10.2 Å². The smallest absolute Gasteiger partial charge is 0.251 e. The summed E-state index contributed by atoms with van der Waals surface area (Å²) in [6, 6.07) is 15.1. The van der Waals surface area contributed by atoms with Crippen LogP contribution in [0.25, 0.3) is 0 Å². The Balaban J connectivity index is 1.79. The first-order valence-corrected chi connectivity index (χ1v) is 6.84. The highest BCUT2D eigenvalue weighted by atomic mass is 16.5. The molecule has 1 N–H and O–H groups in total. The number of benzene rings is 2. The minimum absolute atomic E-state index is 0.164. The van der Waals surface area contributed by atoms with Crippen molar-refractivity contribution in [2.45, 2.75) is 5.92 Å². The lowest BCUT2D eigenvalue weighted by Crippen LogP contribution is -2.30. The van der Waals surface area contributed by atoms with Crippen molar-refractivity contribution in [3.63, 3.8) is 0 Å². The van der Waals surface area contributed by atoms with E-state index in [4.69, 9.17) is 4.74 Å². The number of fused-ring (bicyclic) bond motifs is 2. The summed E-state index contributed by atoms with van der Waals surface area (Å²) < 4.78 is 7.32. The Labute approximate surface area is 126 Å². The molecule has 1 aliphatic rings. The monoisotopic (exact) mass is 292 g/mol. The number of rotatable bonds is 2. The largest absolute Gasteiger partial charge is 0.457 e. The average molecular weight is 292 g/mol. The van der Waals surface area contributed by atoms with Gasteiger partial charge in [0, 0.05) is 11.1 Å². The summed E-state index contributed by atoms with van der Waals surface area (Å²) in [5.41, 5.74) is 4.45. The van der Waals surface area contributed by atoms with Gasteiger partial charge in [-0.2, -0.15) is 0 Å². The van der Waals surface area contributed by atoms with Crippen LogP contribution in [-0.4, -0.2) is 20.8 Å². The normalized spacial score (nSPS) is 12.9. The summed E-state index contributed by atoms with van der Waals surface area (Å²) in [5, 5.41) is 7.37. The van der Waals surface area contributed by atoms with Gasteiger partial charge in [-0.1, -0.05) is 36.4 Å². The maximum absolute atomic E-state index is 12.7. The third-order valence-corrected chi connectivity index (χ3v) is 3.60. The van der Waals surface area contributed by atoms with Crippen molar-refractivity contribution >= 4 is 5.91 Å². The van der Waals surface area contributed by atoms with E-state index in [9.17, 15) is 4.79 Å². The van der Waals surface area contributed by atoms with Gasteiger partial charge in [0.15, 0.2) is 0 Å². The van der Waals surface area contributed by atoms with Crippen molar-refractivity contribution in [3.8, 4) is 11.5 Å². The quantitative estimate of drug-likeness (QED) is 0.786. The summed E-state index contributed by atoms with van der Waals surface area (Å²) in [6.07, 6.45) is 2.88. The number of ether oxygens (including phenoxy) is 1. The first-order valence-electron chi connectivity index (χ1n) is 6.84. The van der Waals surface area contributed by atoms with E-state index in [1.165, 1.54) is 17.3 Å². The van der Waals surface area contributed by atoms with Crippen LogP contribution in [0.2, 0.25) is 0 Å². The molecule has 0 saturated carbocycles. The molecular formula is C16H12N4O2. The molecule has 0 aliphatic carbocycles. The van der Waals surface area contributed by atoms with Crippen molar-refractivity contribution in [3.05, 3.63) is 72.3 Å². The minimum Gasteiger partial charge on any atom is -0.457 e. The van der Waals surface area contributed by atoms with E-state index < -0.39 is 5.92 Å². The Bertz CT molecular complexity index is 784. The molecule has 0 bridgehead atoms. The molecule has 2 heterocycles. The maximum Gasteiger partial charge on any atom is 0.251 e. The van der Waals surface area contributed by atoms with Gasteiger partial charge < -0.3 is 4.74 Å². The van der Waals surface area contributed by atoms with Crippen LogP contribution >= 0.6 is 0 Å². The van der Waals surface area contributed by atoms with Crippen LogP contribution in [0.15, 0.2) is 61.2 Å². The van der Waals surface area contributed by atoms with Gasteiger partial charge in [0.05, 0.1) is 5.92 Å². The van der Waals surface area contributed by atoms with E-state index in [-0.39, 0.29) is 5.91 Å². The number of nitrogens with zero attached hydrogens (tertiary/aromatic N) is 3. The molecule has 1 aromatic heterocycles. The lowest BCUT2D eigenvalue weighted by Gasteiger charge is -2.27. The van der Waals surface area contributed by atoms with Gasteiger partial charge in [0.25, 0.3) is 5.91 Å². The lowest BCUT2D eigenvalue weighted by molar-refractivity contribution is -0.117. The number of nitrogens with one attached hydrogen (secondary N) is 1. The summed E-state index contributed by atoms with van der Waals surface area (Å²) in [5.74, 6) is 0.793. The molecule has 0 fully saturated rings. The summed E-state index contributed by atoms with van der Waals surface area (Å²) in [7, 11) is 0. The highest BCUT2D eigenvalue weighted by Crippen LogP contribution is 2.43. The van der Waals surface area contributed by atoms with Gasteiger partial charge in [-0.25, -0.2) is 4.68 Å². The van der Waals surface area contributed by atoms with E-state index in [1.54, 1.807) is 0 Å². The van der Waals surface area contributed by atoms with Crippen LogP contribution in [0.3, 0.4) is 0 Å². The number of carbonyl (C=O) groups is 1. The fraction of sp³-hybridized carbons (Fsp3) is 0.0625. The lowest BCUT2D eigenvalue weighted by atomic mass is 9.87. The molecule has 1 amide bonds. The molecule has 3 aromatic rings. The molecule has 0 unspecified atom stereocenters. The first kappa shape index (κ1) is 12.6. The molecule has 2 aromatic carbocycles. The van der Waals surface area contributed by atoms with Gasteiger partial charge in [0.1, 0.15) is 24.2 Å². The highest BCUT2D eigenvalue weighted by molar-refractivity contribution is 5.94. The zero-order chi connectivity index (χ0) is 14.9. The number of hydrogen-bond donors (Lipinski definition) is 1. The van der Waals surface area contributed by atoms with Gasteiger partial charge in [0.2, 0.25) is 0 Å². The Hall–Kier alpha value is -3.15. The number of aromatic nitrogens is 3. The maximum atomic E-state index is 12.7. The third-order valence-electron chi connectivity index (χ3n) is 3.60. The van der Waals surface area contributed by atoms with Gasteiger partial charge in [-0.05, 0) is 12.1 Å². The predicted octanol–water partition coefficient (Wildman–Crippen LogP) is 2.29. The Morgan fingerprint density at radius 1 is 0.955 bits per heavy atom. The molecule has 0 radical (unpaired) electrons. The molecule has 6 nitrogen and oxygen atoms in total. The Morgan fingerprint density at radius 2 is 1.50 bits per heavy atom. The molecule has 0 atom stereocenters. The topological polar surface area (TPSA) is 69.0 Å². The van der Waals surface area contributed by atoms with E-state index in [1.807, 2.05) is 48.5 Å². The fourth-order valence-electron chi connectivity index (χ4n) is 2.64. The SMILES string of the molecule is O=C(Nn1cnnc1)C1c2ccccc2Oc2ccccc21. The van der Waals surface area contributed by atoms with Gasteiger partial charge >= 0.3 is 0 Å². The molecule has 22 heavy (non-hydrogen) atoms. The zero-order valence-electron chi connectivity index (χ0n) is 11.5. The van der Waals surface area contributed by atoms with Crippen LogP contribution in [0, 0.1) is 0 Å². The van der Waals surface area contributed by atoms with Crippen LogP contribution in [0.4, 0.5) is 0 Å². The van der Waals surface area contributed by atoms with E-state index in [2.05, 4.69) is 15.6 Å². The molecule has 1 aliphatic heterocycles. The molecule has 6 heteroatoms. The summed E-state index contributed by atoms with van der Waals surface area (Å²) >= 11 is 0. The van der Waals surface area contributed by atoms with Crippen molar-refractivity contribution < 1.29 is 9.53 Å². The molecule has 0 spiro atoms. The molecular weight excluding hydrogens is 280 g/mol. The average Bonchev–Trinajstić information content (AvgIpc) is 3.05. The van der Waals surface area contributed by atoms with Crippen molar-refractivity contribution in [2.75, 3.05) is 5.43 Å². The van der Waals surface area contributed by atoms with E-state index in [0.717, 1.165) is 11.1 Å². The van der Waals surface area contributed by atoms with Crippen molar-refractivity contribution in [1.82, 2.24) is 14.9 Å². The van der Waals surface area contributed by atoms with Crippen LogP contribution in [0.5, 0.6) is 11.5 Å². The van der Waals surface area contributed by atoms with E-state index >= 15 is 0 Å². The van der Waals surface area contributed by atoms with Crippen molar-refractivity contribution in [2.24, 2.45) is 0 Å². The molecule has 108 valence electrons. The number of para-hydroxylation sites is 2. The van der Waals surface area contributed by atoms with E-state index in [0.29, 0.717) is 11.5 Å². The number of carbonyl (C=O) groups excluding carboxylic acids is 1. The molecule has 4 rings (SSSR count). The molecule has 0 saturated heterocycles. The predicted molar refractivity (Wildman–Crippen MR) is 79.2 cm³/mol. The Kier molecular flexibility index (Phi) is 2.86.